The molecule has 2 fully saturated rings. The number of hydrogen-bond acceptors (Lipinski definition) is 2. The van der Waals surface area contributed by atoms with Crippen LogP contribution < -0.4 is 5.32 Å². The van der Waals surface area contributed by atoms with E-state index in [0.29, 0.717) is 0 Å². The van der Waals surface area contributed by atoms with Gasteiger partial charge >= 0.3 is 0 Å². The summed E-state index contributed by atoms with van der Waals surface area (Å²) in [5.41, 5.74) is 0.437. The van der Waals surface area contributed by atoms with Gasteiger partial charge in [-0.15, -0.1) is 0 Å². The summed E-state index contributed by atoms with van der Waals surface area (Å²) >= 11 is 0. The predicted molar refractivity (Wildman–Crippen MR) is 73.8 cm³/mol. The fourth-order valence-electron chi connectivity index (χ4n) is 3.22. The second kappa shape index (κ2) is 4.64. The molecule has 2 N–H and O–H groups in total. The third-order valence-electron chi connectivity index (χ3n) is 4.75. The standard InChI is InChI=1S/C16H21NO2/c18-12-15(10-11-15)17-14(19)16(8-4-5-9-16)13-6-2-1-3-7-13/h1-3,6-7,18H,4-5,8-12H2,(H,17,19). The van der Waals surface area contributed by atoms with E-state index in [9.17, 15) is 9.90 Å². The monoisotopic (exact) mass is 259 g/mol. The molecule has 0 spiro atoms. The lowest BCUT2D eigenvalue weighted by atomic mass is 9.77. The molecular weight excluding hydrogens is 238 g/mol. The van der Waals surface area contributed by atoms with E-state index < -0.39 is 0 Å². The molecule has 0 atom stereocenters. The summed E-state index contributed by atoms with van der Waals surface area (Å²) in [5, 5.41) is 12.5. The third-order valence-corrected chi connectivity index (χ3v) is 4.75. The Morgan fingerprint density at radius 3 is 2.26 bits per heavy atom. The molecule has 0 unspecified atom stereocenters. The van der Waals surface area contributed by atoms with Gasteiger partial charge in [0.05, 0.1) is 17.6 Å². The van der Waals surface area contributed by atoms with E-state index in [1.165, 1.54) is 0 Å². The van der Waals surface area contributed by atoms with Crippen LogP contribution in [0, 0.1) is 0 Å². The van der Waals surface area contributed by atoms with Gasteiger partial charge < -0.3 is 10.4 Å². The first kappa shape index (κ1) is 12.7. The summed E-state index contributed by atoms with van der Waals surface area (Å²) in [5.74, 6) is 0.114. The van der Waals surface area contributed by atoms with Gasteiger partial charge in [0.25, 0.3) is 0 Å². The van der Waals surface area contributed by atoms with E-state index in [2.05, 4.69) is 17.4 Å². The highest BCUT2D eigenvalue weighted by molar-refractivity contribution is 5.89. The van der Waals surface area contributed by atoms with Crippen LogP contribution in [0.1, 0.15) is 44.1 Å². The maximum Gasteiger partial charge on any atom is 0.231 e. The molecule has 0 aliphatic heterocycles. The van der Waals surface area contributed by atoms with Crippen molar-refractivity contribution in [2.75, 3.05) is 6.61 Å². The van der Waals surface area contributed by atoms with Crippen LogP contribution in [0.15, 0.2) is 30.3 Å². The second-order valence-electron chi connectivity index (χ2n) is 6.05. The number of carbonyl (C=O) groups is 1. The minimum absolute atomic E-state index is 0.0591. The SMILES string of the molecule is O=C(NC1(CO)CC1)C1(c2ccccc2)CCCC1. The average Bonchev–Trinajstić information content (AvgIpc) is 3.04. The summed E-state index contributed by atoms with van der Waals surface area (Å²) in [4.78, 5) is 12.8. The number of benzene rings is 1. The normalized spacial score (nSPS) is 23.0. The highest BCUT2D eigenvalue weighted by atomic mass is 16.3. The van der Waals surface area contributed by atoms with Crippen molar-refractivity contribution in [1.82, 2.24) is 5.32 Å². The van der Waals surface area contributed by atoms with Crippen molar-refractivity contribution in [1.29, 1.82) is 0 Å². The van der Waals surface area contributed by atoms with Crippen LogP contribution in [0.4, 0.5) is 0 Å². The topological polar surface area (TPSA) is 49.3 Å². The minimum Gasteiger partial charge on any atom is -0.394 e. The number of hydrogen-bond donors (Lipinski definition) is 2. The van der Waals surface area contributed by atoms with Gasteiger partial charge in [-0.2, -0.15) is 0 Å². The Morgan fingerprint density at radius 2 is 1.74 bits per heavy atom. The molecule has 102 valence electrons. The van der Waals surface area contributed by atoms with Crippen molar-refractivity contribution in [2.45, 2.75) is 49.5 Å². The van der Waals surface area contributed by atoms with E-state index in [1.54, 1.807) is 0 Å². The van der Waals surface area contributed by atoms with E-state index >= 15 is 0 Å². The van der Waals surface area contributed by atoms with Crippen molar-refractivity contribution in [3.63, 3.8) is 0 Å². The van der Waals surface area contributed by atoms with Crippen LogP contribution in [0.2, 0.25) is 0 Å². The minimum atomic E-state index is -0.369. The lowest BCUT2D eigenvalue weighted by molar-refractivity contribution is -0.128. The summed E-state index contributed by atoms with van der Waals surface area (Å²) in [6, 6.07) is 10.1. The Morgan fingerprint density at radius 1 is 1.11 bits per heavy atom. The Balaban J connectivity index is 1.87. The summed E-state index contributed by atoms with van der Waals surface area (Å²) in [6.07, 6.45) is 5.86. The third kappa shape index (κ3) is 2.16. The first-order valence-corrected chi connectivity index (χ1v) is 7.20. The Labute approximate surface area is 114 Å². The summed E-state index contributed by atoms with van der Waals surface area (Å²) in [6.45, 7) is 0.0591. The molecule has 2 saturated carbocycles. The molecule has 0 saturated heterocycles. The molecule has 2 aliphatic rings. The van der Waals surface area contributed by atoms with Crippen molar-refractivity contribution in [2.24, 2.45) is 0 Å². The lowest BCUT2D eigenvalue weighted by Crippen LogP contribution is -2.49. The van der Waals surface area contributed by atoms with Gasteiger partial charge in [-0.05, 0) is 31.2 Å². The zero-order chi connectivity index (χ0) is 13.3. The molecule has 1 aromatic rings. The Hall–Kier alpha value is -1.35. The fourth-order valence-corrected chi connectivity index (χ4v) is 3.22. The quantitative estimate of drug-likeness (QED) is 0.870. The van der Waals surface area contributed by atoms with Gasteiger partial charge in [0.15, 0.2) is 0 Å². The molecule has 3 heteroatoms. The van der Waals surface area contributed by atoms with E-state index in [-0.39, 0.29) is 23.5 Å². The molecule has 3 nitrogen and oxygen atoms in total. The maximum atomic E-state index is 12.8. The van der Waals surface area contributed by atoms with Crippen LogP contribution in [0.5, 0.6) is 0 Å². The molecule has 0 radical (unpaired) electrons. The van der Waals surface area contributed by atoms with E-state index in [0.717, 1.165) is 44.1 Å². The maximum absolute atomic E-state index is 12.8. The van der Waals surface area contributed by atoms with Crippen LogP contribution >= 0.6 is 0 Å². The first-order valence-electron chi connectivity index (χ1n) is 7.20. The second-order valence-corrected chi connectivity index (χ2v) is 6.05. The number of aliphatic hydroxyl groups excluding tert-OH is 1. The molecule has 0 bridgehead atoms. The number of amides is 1. The van der Waals surface area contributed by atoms with E-state index in [4.69, 9.17) is 0 Å². The van der Waals surface area contributed by atoms with Crippen molar-refractivity contribution in [3.05, 3.63) is 35.9 Å². The van der Waals surface area contributed by atoms with Gasteiger partial charge in [0.1, 0.15) is 0 Å². The highest BCUT2D eigenvalue weighted by Gasteiger charge is 2.49. The summed E-state index contributed by atoms with van der Waals surface area (Å²) < 4.78 is 0. The number of rotatable bonds is 4. The van der Waals surface area contributed by atoms with Crippen molar-refractivity contribution in [3.8, 4) is 0 Å². The molecular formula is C16H21NO2. The molecule has 1 aromatic carbocycles. The molecule has 0 heterocycles. The van der Waals surface area contributed by atoms with Crippen LogP contribution in [0.25, 0.3) is 0 Å². The zero-order valence-corrected chi connectivity index (χ0v) is 11.2. The molecule has 19 heavy (non-hydrogen) atoms. The smallest absolute Gasteiger partial charge is 0.231 e. The number of nitrogens with one attached hydrogen (secondary N) is 1. The number of carbonyl (C=O) groups excluding carboxylic acids is 1. The lowest BCUT2D eigenvalue weighted by Gasteiger charge is -2.30. The zero-order valence-electron chi connectivity index (χ0n) is 11.2. The van der Waals surface area contributed by atoms with Gasteiger partial charge in [-0.25, -0.2) is 0 Å². The van der Waals surface area contributed by atoms with Crippen LogP contribution in [-0.4, -0.2) is 23.2 Å². The van der Waals surface area contributed by atoms with Crippen molar-refractivity contribution >= 4 is 5.91 Å². The molecule has 0 aromatic heterocycles. The van der Waals surface area contributed by atoms with Gasteiger partial charge in [0, 0.05) is 0 Å². The average molecular weight is 259 g/mol. The van der Waals surface area contributed by atoms with Gasteiger partial charge in [-0.1, -0.05) is 43.2 Å². The largest absolute Gasteiger partial charge is 0.394 e. The molecule has 3 rings (SSSR count). The van der Waals surface area contributed by atoms with Gasteiger partial charge in [-0.3, -0.25) is 4.79 Å². The number of aliphatic hydroxyl groups is 1. The van der Waals surface area contributed by atoms with Crippen LogP contribution in [0.3, 0.4) is 0 Å². The first-order chi connectivity index (χ1) is 9.21. The highest BCUT2D eigenvalue weighted by Crippen LogP contribution is 2.43. The summed E-state index contributed by atoms with van der Waals surface area (Å²) in [7, 11) is 0. The molecule has 1 amide bonds. The molecule has 2 aliphatic carbocycles. The van der Waals surface area contributed by atoms with Crippen LogP contribution in [-0.2, 0) is 10.2 Å². The fraction of sp³-hybridized carbons (Fsp3) is 0.562. The van der Waals surface area contributed by atoms with Gasteiger partial charge in [0.2, 0.25) is 5.91 Å². The Bertz CT molecular complexity index is 459. The van der Waals surface area contributed by atoms with E-state index in [1.807, 2.05) is 18.2 Å². The Kier molecular flexibility index (Phi) is 3.09. The predicted octanol–water partition coefficient (Wildman–Crippen LogP) is 2.14. The van der Waals surface area contributed by atoms with Crippen molar-refractivity contribution < 1.29 is 9.90 Å².